The van der Waals surface area contributed by atoms with E-state index in [1.54, 1.807) is 19.2 Å². The molecule has 6 heteroatoms. The van der Waals surface area contributed by atoms with Gasteiger partial charge in [0.1, 0.15) is 11.6 Å². The molecule has 0 saturated carbocycles. The number of aromatic amines is 1. The van der Waals surface area contributed by atoms with Crippen molar-refractivity contribution in [1.29, 1.82) is 0 Å². The molecule has 122 valence electrons. The van der Waals surface area contributed by atoms with E-state index in [0.717, 1.165) is 36.3 Å². The number of H-pyrrole nitrogens is 1. The van der Waals surface area contributed by atoms with Crippen LogP contribution in [0.2, 0.25) is 0 Å². The summed E-state index contributed by atoms with van der Waals surface area (Å²) < 4.78 is 13.4. The molecule has 3 rings (SSSR count). The molecule has 1 unspecified atom stereocenters. The minimum atomic E-state index is -0.520. The number of halogens is 1. The predicted octanol–water partition coefficient (Wildman–Crippen LogP) is 2.62. The maximum Gasteiger partial charge on any atom is 0.239 e. The van der Waals surface area contributed by atoms with E-state index in [9.17, 15) is 9.18 Å². The molecule has 0 radical (unpaired) electrons. The van der Waals surface area contributed by atoms with Crippen molar-refractivity contribution in [2.75, 3.05) is 6.54 Å². The van der Waals surface area contributed by atoms with Crippen LogP contribution in [-0.4, -0.2) is 33.4 Å². The first-order valence-electron chi connectivity index (χ1n) is 7.93. The highest BCUT2D eigenvalue weighted by molar-refractivity contribution is 5.81. The average Bonchev–Trinajstić information content (AvgIpc) is 3.04. The zero-order chi connectivity index (χ0) is 16.4. The Balaban J connectivity index is 1.87. The Hall–Kier alpha value is -2.21. The normalized spacial score (nSPS) is 19.6. The van der Waals surface area contributed by atoms with Gasteiger partial charge in [-0.2, -0.15) is 0 Å². The Morgan fingerprint density at radius 1 is 1.48 bits per heavy atom. The largest absolute Gasteiger partial charge is 0.340 e. The highest BCUT2D eigenvalue weighted by atomic mass is 19.1. The lowest BCUT2D eigenvalue weighted by atomic mass is 10.0. The quantitative estimate of drug-likeness (QED) is 0.914. The number of nitrogens with zero attached hydrogens (tertiary/aromatic N) is 2. The summed E-state index contributed by atoms with van der Waals surface area (Å²) in [4.78, 5) is 21.8. The zero-order valence-corrected chi connectivity index (χ0v) is 13.1. The van der Waals surface area contributed by atoms with Gasteiger partial charge in [-0.25, -0.2) is 9.37 Å². The van der Waals surface area contributed by atoms with Crippen LogP contribution in [0.1, 0.15) is 38.1 Å². The SMILES string of the molecule is C[C@@H](N)C(=O)N1CCCCC1c1ncc(-c2cccc(F)c2)[nH]1. The topological polar surface area (TPSA) is 75.0 Å². The number of nitrogens with two attached hydrogens (primary N) is 1. The number of likely N-dealkylation sites (tertiary alicyclic amines) is 1. The summed E-state index contributed by atoms with van der Waals surface area (Å²) >= 11 is 0. The third kappa shape index (κ3) is 3.27. The van der Waals surface area contributed by atoms with Crippen LogP contribution in [0.15, 0.2) is 30.5 Å². The first-order valence-corrected chi connectivity index (χ1v) is 7.93. The van der Waals surface area contributed by atoms with Crippen molar-refractivity contribution >= 4 is 5.91 Å². The molecule has 2 aromatic rings. The van der Waals surface area contributed by atoms with Gasteiger partial charge < -0.3 is 15.6 Å². The maximum atomic E-state index is 13.4. The summed E-state index contributed by atoms with van der Waals surface area (Å²) in [5.74, 6) is 0.390. The van der Waals surface area contributed by atoms with Gasteiger partial charge in [0.2, 0.25) is 5.91 Å². The number of amides is 1. The van der Waals surface area contributed by atoms with Gasteiger partial charge in [0.05, 0.1) is 24.0 Å². The molecule has 23 heavy (non-hydrogen) atoms. The Labute approximate surface area is 134 Å². The minimum absolute atomic E-state index is 0.0570. The average molecular weight is 316 g/mol. The molecule has 0 spiro atoms. The van der Waals surface area contributed by atoms with Crippen LogP contribution in [0.4, 0.5) is 4.39 Å². The van der Waals surface area contributed by atoms with Crippen LogP contribution in [0.25, 0.3) is 11.3 Å². The number of carbonyl (C=O) groups excluding carboxylic acids is 1. The predicted molar refractivity (Wildman–Crippen MR) is 85.9 cm³/mol. The molecule has 1 aliphatic heterocycles. The van der Waals surface area contributed by atoms with Gasteiger partial charge in [-0.1, -0.05) is 12.1 Å². The third-order valence-corrected chi connectivity index (χ3v) is 4.22. The Morgan fingerprint density at radius 2 is 2.30 bits per heavy atom. The fourth-order valence-electron chi connectivity index (χ4n) is 3.05. The van der Waals surface area contributed by atoms with Gasteiger partial charge in [0.25, 0.3) is 0 Å². The van der Waals surface area contributed by atoms with E-state index in [2.05, 4.69) is 9.97 Å². The fraction of sp³-hybridized carbons (Fsp3) is 0.412. The van der Waals surface area contributed by atoms with Crippen LogP contribution in [0.5, 0.6) is 0 Å². The van der Waals surface area contributed by atoms with Crippen molar-refractivity contribution in [2.45, 2.75) is 38.3 Å². The fourth-order valence-corrected chi connectivity index (χ4v) is 3.05. The molecular formula is C17H21FN4O. The molecule has 5 nitrogen and oxygen atoms in total. The molecule has 0 bridgehead atoms. The smallest absolute Gasteiger partial charge is 0.239 e. The zero-order valence-electron chi connectivity index (χ0n) is 13.1. The summed E-state index contributed by atoms with van der Waals surface area (Å²) in [6.07, 6.45) is 4.57. The summed E-state index contributed by atoms with van der Waals surface area (Å²) in [6.45, 7) is 2.40. The van der Waals surface area contributed by atoms with Crippen molar-refractivity contribution < 1.29 is 9.18 Å². The van der Waals surface area contributed by atoms with Crippen LogP contribution in [0, 0.1) is 5.82 Å². The highest BCUT2D eigenvalue weighted by Gasteiger charge is 2.31. The van der Waals surface area contributed by atoms with Crippen molar-refractivity contribution in [3.8, 4) is 11.3 Å². The second-order valence-corrected chi connectivity index (χ2v) is 6.02. The monoisotopic (exact) mass is 316 g/mol. The van der Waals surface area contributed by atoms with Crippen LogP contribution < -0.4 is 5.73 Å². The summed E-state index contributed by atoms with van der Waals surface area (Å²) in [5, 5.41) is 0. The molecule has 0 aliphatic carbocycles. The van der Waals surface area contributed by atoms with E-state index in [1.165, 1.54) is 12.1 Å². The third-order valence-electron chi connectivity index (χ3n) is 4.22. The number of carbonyl (C=O) groups is 1. The molecule has 2 heterocycles. The van der Waals surface area contributed by atoms with Gasteiger partial charge in [0.15, 0.2) is 0 Å². The first kappa shape index (κ1) is 15.7. The molecule has 1 aliphatic rings. The van der Waals surface area contributed by atoms with Gasteiger partial charge in [-0.3, -0.25) is 4.79 Å². The van der Waals surface area contributed by atoms with Gasteiger partial charge in [-0.05, 0) is 38.3 Å². The Bertz CT molecular complexity index is 697. The number of hydrogen-bond donors (Lipinski definition) is 2. The highest BCUT2D eigenvalue weighted by Crippen LogP contribution is 2.31. The van der Waals surface area contributed by atoms with E-state index in [1.807, 2.05) is 11.0 Å². The van der Waals surface area contributed by atoms with Crippen molar-refractivity contribution in [2.24, 2.45) is 5.73 Å². The summed E-state index contributed by atoms with van der Waals surface area (Å²) in [6, 6.07) is 5.75. The van der Waals surface area contributed by atoms with E-state index in [-0.39, 0.29) is 17.8 Å². The van der Waals surface area contributed by atoms with Gasteiger partial charge in [0, 0.05) is 12.1 Å². The molecule has 3 N–H and O–H groups in total. The van der Waals surface area contributed by atoms with Crippen molar-refractivity contribution in [3.63, 3.8) is 0 Å². The molecule has 1 amide bonds. The van der Waals surface area contributed by atoms with Gasteiger partial charge in [-0.15, -0.1) is 0 Å². The number of benzene rings is 1. The Kier molecular flexibility index (Phi) is 4.43. The second-order valence-electron chi connectivity index (χ2n) is 6.02. The standard InChI is InChI=1S/C17H21FN4O/c1-11(19)17(23)22-8-3-2-7-15(22)16-20-10-14(21-16)12-5-4-6-13(18)9-12/h4-6,9-11,15H,2-3,7-8,19H2,1H3,(H,20,21)/t11-,15?/m1/s1. The number of nitrogens with one attached hydrogen (secondary N) is 1. The molecule has 1 fully saturated rings. The summed E-state index contributed by atoms with van der Waals surface area (Å²) in [5.41, 5.74) is 7.25. The lowest BCUT2D eigenvalue weighted by Gasteiger charge is -2.35. The number of imidazole rings is 1. The lowest BCUT2D eigenvalue weighted by molar-refractivity contribution is -0.136. The van der Waals surface area contributed by atoms with Crippen LogP contribution >= 0.6 is 0 Å². The molecule has 1 aromatic heterocycles. The van der Waals surface area contributed by atoms with E-state index in [4.69, 9.17) is 5.73 Å². The van der Waals surface area contributed by atoms with Crippen LogP contribution in [0.3, 0.4) is 0 Å². The van der Waals surface area contributed by atoms with Crippen molar-refractivity contribution in [1.82, 2.24) is 14.9 Å². The van der Waals surface area contributed by atoms with E-state index >= 15 is 0 Å². The number of rotatable bonds is 3. The second kappa shape index (κ2) is 6.50. The number of aromatic nitrogens is 2. The van der Waals surface area contributed by atoms with Crippen molar-refractivity contribution in [3.05, 3.63) is 42.1 Å². The van der Waals surface area contributed by atoms with E-state index in [0.29, 0.717) is 6.54 Å². The summed E-state index contributed by atoms with van der Waals surface area (Å²) in [7, 11) is 0. The molecule has 1 saturated heterocycles. The van der Waals surface area contributed by atoms with Gasteiger partial charge >= 0.3 is 0 Å². The number of piperidine rings is 1. The number of hydrogen-bond acceptors (Lipinski definition) is 3. The van der Waals surface area contributed by atoms with Crippen LogP contribution in [-0.2, 0) is 4.79 Å². The maximum absolute atomic E-state index is 13.4. The lowest BCUT2D eigenvalue weighted by Crippen LogP contribution is -2.46. The first-order chi connectivity index (χ1) is 11.1. The molecule has 1 aromatic carbocycles. The molecule has 2 atom stereocenters. The van der Waals surface area contributed by atoms with E-state index < -0.39 is 6.04 Å². The Morgan fingerprint density at radius 3 is 3.04 bits per heavy atom. The molecular weight excluding hydrogens is 295 g/mol. The minimum Gasteiger partial charge on any atom is -0.340 e.